The van der Waals surface area contributed by atoms with Crippen molar-refractivity contribution in [3.63, 3.8) is 0 Å². The van der Waals surface area contributed by atoms with E-state index < -0.39 is 5.82 Å². The van der Waals surface area contributed by atoms with E-state index in [9.17, 15) is 4.39 Å². The lowest BCUT2D eigenvalue weighted by Gasteiger charge is -2.24. The molecule has 1 aliphatic rings. The Morgan fingerprint density at radius 3 is 2.61 bits per heavy atom. The Morgan fingerprint density at radius 2 is 2.06 bits per heavy atom. The molecule has 0 spiro atoms. The molecule has 1 aromatic carbocycles. The molecule has 1 heterocycles. The molecule has 1 fully saturated rings. The van der Waals surface area contributed by atoms with Gasteiger partial charge in [0.25, 0.3) is 0 Å². The maximum absolute atomic E-state index is 14.2. The number of nitrogens with two attached hydrogens (primary N) is 2. The van der Waals surface area contributed by atoms with Crippen LogP contribution in [0, 0.1) is 5.82 Å². The normalized spacial score (nSPS) is 19.8. The van der Waals surface area contributed by atoms with Crippen LogP contribution in [-0.4, -0.2) is 38.1 Å². The number of benzene rings is 1. The molecule has 0 aliphatic carbocycles. The molecule has 0 radical (unpaired) electrons. The zero-order chi connectivity index (χ0) is 13.4. The second-order valence-electron chi connectivity index (χ2n) is 4.88. The van der Waals surface area contributed by atoms with Gasteiger partial charge in [0, 0.05) is 19.1 Å². The maximum Gasteiger partial charge on any atom is 0.169 e. The molecule has 0 amide bonds. The van der Waals surface area contributed by atoms with Gasteiger partial charge in [0.15, 0.2) is 5.82 Å². The molecule has 1 unspecified atom stereocenters. The van der Waals surface area contributed by atoms with E-state index in [2.05, 4.69) is 4.90 Å². The minimum Gasteiger partial charge on any atom is -0.397 e. The first-order chi connectivity index (χ1) is 8.41. The molecule has 1 atom stereocenters. The quantitative estimate of drug-likeness (QED) is 0.806. The number of anilines is 3. The Balaban J connectivity index is 2.33. The van der Waals surface area contributed by atoms with Crippen LogP contribution in [0.4, 0.5) is 21.5 Å². The van der Waals surface area contributed by atoms with Gasteiger partial charge in [0.05, 0.1) is 17.1 Å². The van der Waals surface area contributed by atoms with Crippen molar-refractivity contribution >= 4 is 28.7 Å². The number of rotatable bonds is 2. The van der Waals surface area contributed by atoms with Gasteiger partial charge >= 0.3 is 0 Å². The van der Waals surface area contributed by atoms with Gasteiger partial charge in [-0.25, -0.2) is 4.39 Å². The topological polar surface area (TPSA) is 58.5 Å². The number of halogens is 2. The third-order valence-electron chi connectivity index (χ3n) is 3.45. The summed E-state index contributed by atoms with van der Waals surface area (Å²) >= 11 is 5.84. The largest absolute Gasteiger partial charge is 0.397 e. The highest BCUT2D eigenvalue weighted by Gasteiger charge is 2.28. The average Bonchev–Trinajstić information content (AvgIpc) is 2.75. The second-order valence-corrected chi connectivity index (χ2v) is 5.26. The molecule has 4 N–H and O–H groups in total. The third kappa shape index (κ3) is 2.20. The highest BCUT2D eigenvalue weighted by Crippen LogP contribution is 2.37. The van der Waals surface area contributed by atoms with Gasteiger partial charge in [-0.15, -0.1) is 0 Å². The SMILES string of the molecule is CN(C)C1CCN(c2c(N)cc(N)c(Cl)c2F)C1. The summed E-state index contributed by atoms with van der Waals surface area (Å²) < 4.78 is 14.2. The summed E-state index contributed by atoms with van der Waals surface area (Å²) in [5, 5.41) is -0.0486. The van der Waals surface area contributed by atoms with Gasteiger partial charge in [-0.2, -0.15) is 0 Å². The average molecular weight is 273 g/mol. The fourth-order valence-electron chi connectivity index (χ4n) is 2.34. The van der Waals surface area contributed by atoms with E-state index in [1.165, 1.54) is 6.07 Å². The molecule has 1 aliphatic heterocycles. The van der Waals surface area contributed by atoms with Crippen molar-refractivity contribution < 1.29 is 4.39 Å². The molecule has 0 bridgehead atoms. The van der Waals surface area contributed by atoms with Crippen LogP contribution in [0.3, 0.4) is 0 Å². The lowest BCUT2D eigenvalue weighted by molar-refractivity contribution is 0.315. The van der Waals surface area contributed by atoms with Crippen LogP contribution < -0.4 is 16.4 Å². The maximum atomic E-state index is 14.2. The van der Waals surface area contributed by atoms with E-state index in [4.69, 9.17) is 23.1 Å². The van der Waals surface area contributed by atoms with Crippen LogP contribution in [0.25, 0.3) is 0 Å². The number of hydrogen-bond donors (Lipinski definition) is 2. The first-order valence-corrected chi connectivity index (χ1v) is 6.24. The van der Waals surface area contributed by atoms with Crippen molar-refractivity contribution in [1.82, 2.24) is 4.90 Å². The Hall–Kier alpha value is -1.20. The standard InChI is InChI=1S/C12H18ClFN4/c1-17(2)7-3-4-18(6-7)12-9(16)5-8(15)10(13)11(12)14/h5,7H,3-4,6,15-16H2,1-2H3. The number of nitrogens with zero attached hydrogens (tertiary/aromatic N) is 2. The van der Waals surface area contributed by atoms with Crippen LogP contribution >= 0.6 is 11.6 Å². The van der Waals surface area contributed by atoms with Crippen molar-refractivity contribution in [1.29, 1.82) is 0 Å². The Labute approximate surface area is 111 Å². The van der Waals surface area contributed by atoms with Crippen molar-refractivity contribution in [2.45, 2.75) is 12.5 Å². The fourth-order valence-corrected chi connectivity index (χ4v) is 2.49. The first-order valence-electron chi connectivity index (χ1n) is 5.86. The van der Waals surface area contributed by atoms with Crippen LogP contribution in [0.15, 0.2) is 6.07 Å². The number of likely N-dealkylation sites (N-methyl/N-ethyl adjacent to an activating group) is 1. The van der Waals surface area contributed by atoms with Gasteiger partial charge in [0.2, 0.25) is 0 Å². The highest BCUT2D eigenvalue weighted by molar-refractivity contribution is 6.33. The molecule has 2 rings (SSSR count). The molecule has 6 heteroatoms. The summed E-state index contributed by atoms with van der Waals surface area (Å²) in [6.07, 6.45) is 0.980. The summed E-state index contributed by atoms with van der Waals surface area (Å²) in [4.78, 5) is 4.06. The number of hydrogen-bond acceptors (Lipinski definition) is 4. The van der Waals surface area contributed by atoms with Crippen molar-refractivity contribution in [2.75, 3.05) is 43.6 Å². The van der Waals surface area contributed by atoms with Crippen molar-refractivity contribution in [3.8, 4) is 0 Å². The van der Waals surface area contributed by atoms with E-state index >= 15 is 0 Å². The molecule has 0 aromatic heterocycles. The predicted molar refractivity (Wildman–Crippen MR) is 74.5 cm³/mol. The van der Waals surface area contributed by atoms with Crippen molar-refractivity contribution in [2.24, 2.45) is 0 Å². The molecule has 100 valence electrons. The van der Waals surface area contributed by atoms with Crippen LogP contribution in [0.2, 0.25) is 5.02 Å². The Morgan fingerprint density at radius 1 is 1.39 bits per heavy atom. The van der Waals surface area contributed by atoms with Gasteiger partial charge in [-0.3, -0.25) is 0 Å². The Bertz CT molecular complexity index is 464. The minimum absolute atomic E-state index is 0.0486. The third-order valence-corrected chi connectivity index (χ3v) is 3.83. The highest BCUT2D eigenvalue weighted by atomic mass is 35.5. The van der Waals surface area contributed by atoms with Gasteiger partial charge in [-0.05, 0) is 26.6 Å². The van der Waals surface area contributed by atoms with Crippen molar-refractivity contribution in [3.05, 3.63) is 16.9 Å². The monoisotopic (exact) mass is 272 g/mol. The predicted octanol–water partition coefficient (Wildman–Crippen LogP) is 1.78. The Kier molecular flexibility index (Phi) is 3.54. The zero-order valence-corrected chi connectivity index (χ0v) is 11.3. The smallest absolute Gasteiger partial charge is 0.169 e. The van der Waals surface area contributed by atoms with Gasteiger partial charge in [0.1, 0.15) is 5.02 Å². The zero-order valence-electron chi connectivity index (χ0n) is 10.6. The molecule has 1 aromatic rings. The van der Waals surface area contributed by atoms with Crippen LogP contribution in [0.5, 0.6) is 0 Å². The van der Waals surface area contributed by atoms with E-state index in [-0.39, 0.29) is 10.7 Å². The van der Waals surface area contributed by atoms with Crippen LogP contribution in [-0.2, 0) is 0 Å². The fraction of sp³-hybridized carbons (Fsp3) is 0.500. The summed E-state index contributed by atoms with van der Waals surface area (Å²) in [6, 6.07) is 1.92. The van der Waals surface area contributed by atoms with E-state index in [0.717, 1.165) is 19.5 Å². The van der Waals surface area contributed by atoms with E-state index in [0.29, 0.717) is 17.4 Å². The lowest BCUT2D eigenvalue weighted by Crippen LogP contribution is -2.32. The van der Waals surface area contributed by atoms with Gasteiger partial charge in [-0.1, -0.05) is 11.6 Å². The molecule has 4 nitrogen and oxygen atoms in total. The first kappa shape index (κ1) is 13.2. The molecular formula is C12H18ClFN4. The summed E-state index contributed by atoms with van der Waals surface area (Å²) in [5.74, 6) is -0.520. The minimum atomic E-state index is -0.520. The summed E-state index contributed by atoms with van der Waals surface area (Å²) in [7, 11) is 4.04. The van der Waals surface area contributed by atoms with Gasteiger partial charge < -0.3 is 21.3 Å². The molecule has 0 saturated carbocycles. The molecular weight excluding hydrogens is 255 g/mol. The second kappa shape index (κ2) is 4.82. The molecule has 18 heavy (non-hydrogen) atoms. The molecule has 1 saturated heterocycles. The van der Waals surface area contributed by atoms with E-state index in [1.54, 1.807) is 0 Å². The van der Waals surface area contributed by atoms with Crippen LogP contribution in [0.1, 0.15) is 6.42 Å². The lowest BCUT2D eigenvalue weighted by atomic mass is 10.2. The number of nitrogen functional groups attached to an aromatic ring is 2. The van der Waals surface area contributed by atoms with E-state index in [1.807, 2.05) is 19.0 Å². The summed E-state index contributed by atoms with van der Waals surface area (Å²) in [6.45, 7) is 1.51. The summed E-state index contributed by atoms with van der Waals surface area (Å²) in [5.41, 5.74) is 12.3.